The smallest absolute Gasteiger partial charge is 0.416 e. The summed E-state index contributed by atoms with van der Waals surface area (Å²) in [6.07, 6.45) is 7.43. The van der Waals surface area contributed by atoms with Crippen LogP contribution in [-0.2, 0) is 4.74 Å². The van der Waals surface area contributed by atoms with Crippen molar-refractivity contribution in [3.05, 3.63) is 37.1 Å². The molecular weight excluding hydrogens is 276 g/mol. The molecule has 1 amide bonds. The molecule has 1 heterocycles. The maximum Gasteiger partial charge on any atom is 0.416 e. The minimum atomic E-state index is -0.511. The van der Waals surface area contributed by atoms with Gasteiger partial charge in [-0.25, -0.2) is 9.78 Å². The van der Waals surface area contributed by atoms with Crippen molar-refractivity contribution in [2.45, 2.75) is 58.1 Å². The summed E-state index contributed by atoms with van der Waals surface area (Å²) in [4.78, 5) is 18.7. The molecule has 0 atom stereocenters. The van der Waals surface area contributed by atoms with Gasteiger partial charge in [-0.05, 0) is 64.5 Å². The summed E-state index contributed by atoms with van der Waals surface area (Å²) in [5.41, 5.74) is -0.511. The quantitative estimate of drug-likeness (QED) is 0.768. The molecule has 120 valence electrons. The number of ether oxygens (including phenoxy) is 1. The Kier molecular flexibility index (Phi) is 5.22. The van der Waals surface area contributed by atoms with Crippen LogP contribution in [0.4, 0.5) is 10.6 Å². The van der Waals surface area contributed by atoms with E-state index in [0.717, 1.165) is 25.7 Å². The van der Waals surface area contributed by atoms with Crippen LogP contribution in [0.15, 0.2) is 37.1 Å². The Labute approximate surface area is 133 Å². The van der Waals surface area contributed by atoms with Gasteiger partial charge in [0.1, 0.15) is 11.4 Å². The molecule has 0 spiro atoms. The first-order valence-corrected chi connectivity index (χ1v) is 7.96. The second-order valence-electron chi connectivity index (χ2n) is 6.84. The van der Waals surface area contributed by atoms with Crippen molar-refractivity contribution >= 4 is 11.9 Å². The van der Waals surface area contributed by atoms with Crippen LogP contribution in [-0.4, -0.2) is 22.7 Å². The molecule has 0 aliphatic heterocycles. The van der Waals surface area contributed by atoms with E-state index in [1.807, 2.05) is 45.0 Å². The number of hydrogen-bond acceptors (Lipinski definition) is 3. The Hall–Kier alpha value is -1.84. The molecular formula is C18H26N2O2. The number of allylic oxidation sites excluding steroid dienone is 1. The highest BCUT2D eigenvalue weighted by Crippen LogP contribution is 2.31. The van der Waals surface area contributed by atoms with Crippen LogP contribution < -0.4 is 4.90 Å². The molecule has 1 aromatic rings. The fraction of sp³-hybridized carbons (Fsp3) is 0.556. The second kappa shape index (κ2) is 6.95. The van der Waals surface area contributed by atoms with E-state index in [4.69, 9.17) is 4.74 Å². The number of nitrogens with zero attached hydrogens (tertiary/aromatic N) is 2. The van der Waals surface area contributed by atoms with E-state index >= 15 is 0 Å². The van der Waals surface area contributed by atoms with Crippen molar-refractivity contribution in [2.75, 3.05) is 4.90 Å². The first kappa shape index (κ1) is 16.5. The lowest BCUT2D eigenvalue weighted by Crippen LogP contribution is -2.45. The highest BCUT2D eigenvalue weighted by molar-refractivity contribution is 5.87. The standard InChI is InChI=1S/C18H26N2O2/c1-5-14-9-11-15(12-10-14)20(16-8-6-7-13-19-16)17(21)22-18(2,3)4/h5-8,13-15H,1,9-12H2,2-4H3. The molecule has 1 aliphatic rings. The Balaban J connectivity index is 2.19. The molecule has 1 aliphatic carbocycles. The van der Waals surface area contributed by atoms with Gasteiger partial charge in [-0.15, -0.1) is 6.58 Å². The summed E-state index contributed by atoms with van der Waals surface area (Å²) in [5, 5.41) is 0. The van der Waals surface area contributed by atoms with Gasteiger partial charge < -0.3 is 4.74 Å². The molecule has 4 heteroatoms. The number of carbonyl (C=O) groups excluding carboxylic acids is 1. The second-order valence-corrected chi connectivity index (χ2v) is 6.84. The molecule has 4 nitrogen and oxygen atoms in total. The largest absolute Gasteiger partial charge is 0.443 e. The van der Waals surface area contributed by atoms with Crippen LogP contribution in [0.5, 0.6) is 0 Å². The third-order valence-corrected chi connectivity index (χ3v) is 3.93. The van der Waals surface area contributed by atoms with Crippen LogP contribution in [0, 0.1) is 5.92 Å². The summed E-state index contributed by atoms with van der Waals surface area (Å²) < 4.78 is 5.59. The topological polar surface area (TPSA) is 42.4 Å². The zero-order valence-corrected chi connectivity index (χ0v) is 13.8. The molecule has 0 unspecified atom stereocenters. The maximum absolute atomic E-state index is 12.7. The Morgan fingerprint density at radius 2 is 2.00 bits per heavy atom. The SMILES string of the molecule is C=CC1CCC(N(C(=O)OC(C)(C)C)c2ccccn2)CC1. The summed E-state index contributed by atoms with van der Waals surface area (Å²) in [6.45, 7) is 9.53. The van der Waals surface area contributed by atoms with Gasteiger partial charge in [-0.3, -0.25) is 4.90 Å². The summed E-state index contributed by atoms with van der Waals surface area (Å²) in [5.74, 6) is 1.22. The normalized spacial score (nSPS) is 22.0. The van der Waals surface area contributed by atoms with Gasteiger partial charge in [0, 0.05) is 12.2 Å². The molecule has 0 radical (unpaired) electrons. The van der Waals surface area contributed by atoms with Gasteiger partial charge >= 0.3 is 6.09 Å². The molecule has 1 fully saturated rings. The average molecular weight is 302 g/mol. The number of aromatic nitrogens is 1. The van der Waals surface area contributed by atoms with Crippen LogP contribution in [0.1, 0.15) is 46.5 Å². The van der Waals surface area contributed by atoms with Crippen LogP contribution in [0.25, 0.3) is 0 Å². The lowest BCUT2D eigenvalue weighted by molar-refractivity contribution is 0.0554. The fourth-order valence-electron chi connectivity index (χ4n) is 2.83. The lowest BCUT2D eigenvalue weighted by Gasteiger charge is -2.36. The van der Waals surface area contributed by atoms with Crippen molar-refractivity contribution in [2.24, 2.45) is 5.92 Å². The van der Waals surface area contributed by atoms with E-state index in [0.29, 0.717) is 11.7 Å². The van der Waals surface area contributed by atoms with Gasteiger partial charge in [0.25, 0.3) is 0 Å². The summed E-state index contributed by atoms with van der Waals surface area (Å²) >= 11 is 0. The van der Waals surface area contributed by atoms with E-state index in [1.54, 1.807) is 11.1 Å². The minimum Gasteiger partial charge on any atom is -0.443 e. The van der Waals surface area contributed by atoms with Crippen LogP contribution in [0.2, 0.25) is 0 Å². The van der Waals surface area contributed by atoms with Crippen LogP contribution >= 0.6 is 0 Å². The van der Waals surface area contributed by atoms with Crippen molar-refractivity contribution < 1.29 is 9.53 Å². The number of amides is 1. The van der Waals surface area contributed by atoms with E-state index in [1.165, 1.54) is 0 Å². The average Bonchev–Trinajstić information content (AvgIpc) is 2.47. The maximum atomic E-state index is 12.7. The number of anilines is 1. The number of carbonyl (C=O) groups is 1. The third kappa shape index (κ3) is 4.33. The zero-order valence-electron chi connectivity index (χ0n) is 13.8. The van der Waals surface area contributed by atoms with Crippen molar-refractivity contribution in [3.8, 4) is 0 Å². The molecule has 0 N–H and O–H groups in total. The summed E-state index contributed by atoms with van der Waals surface area (Å²) in [6, 6.07) is 5.75. The molecule has 0 bridgehead atoms. The van der Waals surface area contributed by atoms with Gasteiger partial charge in [-0.2, -0.15) is 0 Å². The van der Waals surface area contributed by atoms with E-state index < -0.39 is 5.60 Å². The number of pyridine rings is 1. The first-order valence-electron chi connectivity index (χ1n) is 7.96. The highest BCUT2D eigenvalue weighted by atomic mass is 16.6. The molecule has 0 aromatic carbocycles. The highest BCUT2D eigenvalue weighted by Gasteiger charge is 2.32. The predicted molar refractivity (Wildman–Crippen MR) is 88.9 cm³/mol. The van der Waals surface area contributed by atoms with Crippen molar-refractivity contribution in [1.82, 2.24) is 4.98 Å². The molecule has 0 saturated heterocycles. The van der Waals surface area contributed by atoms with Crippen molar-refractivity contribution in [1.29, 1.82) is 0 Å². The molecule has 2 rings (SSSR count). The van der Waals surface area contributed by atoms with E-state index in [9.17, 15) is 4.79 Å². The Morgan fingerprint density at radius 3 is 2.50 bits per heavy atom. The summed E-state index contributed by atoms with van der Waals surface area (Å²) in [7, 11) is 0. The minimum absolute atomic E-state index is 0.140. The van der Waals surface area contributed by atoms with Gasteiger partial charge in [-0.1, -0.05) is 12.1 Å². The Bertz CT molecular complexity index is 500. The van der Waals surface area contributed by atoms with E-state index in [-0.39, 0.29) is 12.1 Å². The first-order chi connectivity index (χ1) is 10.4. The van der Waals surface area contributed by atoms with Crippen LogP contribution in [0.3, 0.4) is 0 Å². The Morgan fingerprint density at radius 1 is 1.32 bits per heavy atom. The fourth-order valence-corrected chi connectivity index (χ4v) is 2.83. The third-order valence-electron chi connectivity index (χ3n) is 3.93. The lowest BCUT2D eigenvalue weighted by atomic mass is 9.85. The van der Waals surface area contributed by atoms with Gasteiger partial charge in [0.2, 0.25) is 0 Å². The van der Waals surface area contributed by atoms with E-state index in [2.05, 4.69) is 11.6 Å². The monoisotopic (exact) mass is 302 g/mol. The predicted octanol–water partition coefficient (Wildman–Crippen LogP) is 4.57. The number of hydrogen-bond donors (Lipinski definition) is 0. The zero-order chi connectivity index (χ0) is 16.2. The van der Waals surface area contributed by atoms with Crippen molar-refractivity contribution in [3.63, 3.8) is 0 Å². The molecule has 1 aromatic heterocycles. The molecule has 1 saturated carbocycles. The van der Waals surface area contributed by atoms with Gasteiger partial charge in [0.05, 0.1) is 0 Å². The number of rotatable bonds is 3. The van der Waals surface area contributed by atoms with Gasteiger partial charge in [0.15, 0.2) is 0 Å². The molecule has 22 heavy (non-hydrogen) atoms.